The molecule has 1 heterocycles. The van der Waals surface area contributed by atoms with Crippen LogP contribution in [0.25, 0.3) is 0 Å². The van der Waals surface area contributed by atoms with E-state index in [1.165, 1.54) is 60.5 Å². The monoisotopic (exact) mass is 396 g/mol. The normalized spacial score (nSPS) is 13.4. The van der Waals surface area contributed by atoms with Gasteiger partial charge in [0.15, 0.2) is 0 Å². The number of benzene rings is 2. The van der Waals surface area contributed by atoms with Crippen LogP contribution in [0.2, 0.25) is 0 Å². The molecule has 1 amide bonds. The number of hydrogen-bond acceptors (Lipinski definition) is 6. The fourth-order valence-corrected chi connectivity index (χ4v) is 2.82. The quantitative estimate of drug-likeness (QED) is 0.631. The molecule has 1 aliphatic rings. The maximum atomic E-state index is 12.9. The second-order valence-corrected chi connectivity index (χ2v) is 6.10. The molecule has 0 aliphatic carbocycles. The van der Waals surface area contributed by atoms with Gasteiger partial charge in [-0.3, -0.25) is 4.79 Å². The molecule has 9 nitrogen and oxygen atoms in total. The Balaban J connectivity index is 1.90. The molecular formula is C20H16N2O7. The summed E-state index contributed by atoms with van der Waals surface area (Å²) in [5.41, 5.74) is 1.08. The average Bonchev–Trinajstić information content (AvgIpc) is 3.04. The van der Waals surface area contributed by atoms with Crippen LogP contribution in [0.3, 0.4) is 0 Å². The van der Waals surface area contributed by atoms with E-state index in [9.17, 15) is 19.2 Å². The van der Waals surface area contributed by atoms with Crippen LogP contribution >= 0.6 is 0 Å². The Labute approximate surface area is 164 Å². The first-order valence-corrected chi connectivity index (χ1v) is 8.39. The molecule has 0 spiro atoms. The Hall–Kier alpha value is -4.14. The zero-order chi connectivity index (χ0) is 21.1. The van der Waals surface area contributed by atoms with Crippen LogP contribution in [0.5, 0.6) is 0 Å². The van der Waals surface area contributed by atoms with Crippen molar-refractivity contribution < 1.29 is 34.1 Å². The Morgan fingerprint density at radius 3 is 1.93 bits per heavy atom. The number of carbonyl (C=O) groups is 4. The van der Waals surface area contributed by atoms with Gasteiger partial charge in [0.1, 0.15) is 5.70 Å². The second kappa shape index (κ2) is 7.85. The minimum atomic E-state index is -1.09. The SMILES string of the molecule is COC(=O)C1=C(Nc2ccc(C(=O)O)cc2)C(=O)N(c2ccc(C(=O)O)cc2)C1. The van der Waals surface area contributed by atoms with Gasteiger partial charge in [0.25, 0.3) is 5.91 Å². The summed E-state index contributed by atoms with van der Waals surface area (Å²) in [6.45, 7) is -0.0620. The summed E-state index contributed by atoms with van der Waals surface area (Å²) >= 11 is 0. The molecule has 2 aromatic rings. The fourth-order valence-electron chi connectivity index (χ4n) is 2.82. The van der Waals surface area contributed by atoms with E-state index < -0.39 is 23.8 Å². The van der Waals surface area contributed by atoms with Crippen molar-refractivity contribution in [1.82, 2.24) is 0 Å². The van der Waals surface area contributed by atoms with Gasteiger partial charge in [-0.15, -0.1) is 0 Å². The van der Waals surface area contributed by atoms with Crippen molar-refractivity contribution in [2.45, 2.75) is 0 Å². The van der Waals surface area contributed by atoms with Crippen LogP contribution in [-0.2, 0) is 14.3 Å². The highest BCUT2D eigenvalue weighted by atomic mass is 16.5. The summed E-state index contributed by atoms with van der Waals surface area (Å²) in [4.78, 5) is 48.4. The molecule has 0 radical (unpaired) electrons. The zero-order valence-corrected chi connectivity index (χ0v) is 15.2. The van der Waals surface area contributed by atoms with E-state index in [1.807, 2.05) is 0 Å². The first-order chi connectivity index (χ1) is 13.8. The number of carboxylic acid groups (broad SMARTS) is 2. The van der Waals surface area contributed by atoms with E-state index in [1.54, 1.807) is 0 Å². The number of anilines is 2. The van der Waals surface area contributed by atoms with Crippen molar-refractivity contribution in [3.05, 3.63) is 70.9 Å². The lowest BCUT2D eigenvalue weighted by molar-refractivity contribution is -0.136. The number of rotatable bonds is 6. The van der Waals surface area contributed by atoms with Crippen LogP contribution in [0.15, 0.2) is 59.8 Å². The van der Waals surface area contributed by atoms with Gasteiger partial charge in [-0.05, 0) is 48.5 Å². The van der Waals surface area contributed by atoms with E-state index in [0.717, 1.165) is 0 Å². The summed E-state index contributed by atoms with van der Waals surface area (Å²) in [5, 5.41) is 20.8. The molecule has 2 aromatic carbocycles. The van der Waals surface area contributed by atoms with E-state index in [4.69, 9.17) is 14.9 Å². The zero-order valence-electron chi connectivity index (χ0n) is 15.2. The van der Waals surface area contributed by atoms with Crippen molar-refractivity contribution in [3.8, 4) is 0 Å². The van der Waals surface area contributed by atoms with Gasteiger partial charge in [-0.2, -0.15) is 0 Å². The van der Waals surface area contributed by atoms with Gasteiger partial charge in [0.2, 0.25) is 0 Å². The van der Waals surface area contributed by atoms with Crippen LogP contribution < -0.4 is 10.2 Å². The van der Waals surface area contributed by atoms with E-state index in [0.29, 0.717) is 11.4 Å². The lowest BCUT2D eigenvalue weighted by atomic mass is 10.2. The molecule has 0 aromatic heterocycles. The third-order valence-corrected chi connectivity index (χ3v) is 4.34. The van der Waals surface area contributed by atoms with Gasteiger partial charge in [0.05, 0.1) is 30.4 Å². The van der Waals surface area contributed by atoms with Crippen LogP contribution in [0, 0.1) is 0 Å². The third-order valence-electron chi connectivity index (χ3n) is 4.34. The molecule has 0 atom stereocenters. The number of aromatic carboxylic acids is 2. The summed E-state index contributed by atoms with van der Waals surface area (Å²) in [7, 11) is 1.20. The maximum absolute atomic E-state index is 12.9. The van der Waals surface area contributed by atoms with Crippen molar-refractivity contribution in [2.24, 2.45) is 0 Å². The van der Waals surface area contributed by atoms with Gasteiger partial charge in [0, 0.05) is 11.4 Å². The Morgan fingerprint density at radius 1 is 0.931 bits per heavy atom. The molecule has 0 bridgehead atoms. The number of esters is 1. The number of amides is 1. The van der Waals surface area contributed by atoms with Gasteiger partial charge < -0.3 is 25.2 Å². The first kappa shape index (κ1) is 19.6. The van der Waals surface area contributed by atoms with Crippen LogP contribution in [0.1, 0.15) is 20.7 Å². The molecule has 3 rings (SSSR count). The smallest absolute Gasteiger partial charge is 0.337 e. The highest BCUT2D eigenvalue weighted by Gasteiger charge is 2.35. The van der Waals surface area contributed by atoms with Crippen LogP contribution in [-0.4, -0.2) is 47.7 Å². The van der Waals surface area contributed by atoms with Gasteiger partial charge in [-0.25, -0.2) is 14.4 Å². The molecule has 0 fully saturated rings. The Kier molecular flexibility index (Phi) is 5.31. The third kappa shape index (κ3) is 3.93. The summed E-state index contributed by atoms with van der Waals surface area (Å²) in [5.74, 6) is -3.37. The molecule has 1 aliphatic heterocycles. The summed E-state index contributed by atoms with van der Waals surface area (Å²) in [6, 6.07) is 11.3. The van der Waals surface area contributed by atoms with Crippen molar-refractivity contribution in [1.29, 1.82) is 0 Å². The molecule has 0 saturated carbocycles. The van der Waals surface area contributed by atoms with Crippen molar-refractivity contribution in [3.63, 3.8) is 0 Å². The Morgan fingerprint density at radius 2 is 1.45 bits per heavy atom. The number of carbonyl (C=O) groups excluding carboxylic acids is 2. The molecule has 0 unspecified atom stereocenters. The van der Waals surface area contributed by atoms with Crippen molar-refractivity contribution in [2.75, 3.05) is 23.9 Å². The topological polar surface area (TPSA) is 133 Å². The predicted octanol–water partition coefficient (Wildman–Crippen LogP) is 1.97. The number of ether oxygens (including phenoxy) is 1. The predicted molar refractivity (Wildman–Crippen MR) is 102 cm³/mol. The minimum absolute atomic E-state index is 0.00207. The number of methoxy groups -OCH3 is 1. The van der Waals surface area contributed by atoms with Gasteiger partial charge in [-0.1, -0.05) is 0 Å². The van der Waals surface area contributed by atoms with Crippen molar-refractivity contribution >= 4 is 35.2 Å². The van der Waals surface area contributed by atoms with E-state index >= 15 is 0 Å². The lowest BCUT2D eigenvalue weighted by Crippen LogP contribution is -2.28. The van der Waals surface area contributed by atoms with E-state index in [-0.39, 0.29) is 28.9 Å². The fraction of sp³-hybridized carbons (Fsp3) is 0.100. The second-order valence-electron chi connectivity index (χ2n) is 6.10. The minimum Gasteiger partial charge on any atom is -0.478 e. The highest BCUT2D eigenvalue weighted by molar-refractivity contribution is 6.16. The summed E-state index contributed by atoms with van der Waals surface area (Å²) < 4.78 is 4.76. The number of carboxylic acids is 2. The molecule has 29 heavy (non-hydrogen) atoms. The molecule has 9 heteroatoms. The largest absolute Gasteiger partial charge is 0.478 e. The molecule has 0 saturated heterocycles. The van der Waals surface area contributed by atoms with E-state index in [2.05, 4.69) is 5.32 Å². The number of nitrogens with zero attached hydrogens (tertiary/aromatic N) is 1. The summed E-state index contributed by atoms with van der Waals surface area (Å²) in [6.07, 6.45) is 0. The molecule has 3 N–H and O–H groups in total. The standard InChI is InChI=1S/C20H16N2O7/c1-29-20(28)15-10-22(14-8-4-12(5-9-14)19(26)27)17(23)16(15)21-13-6-2-11(3-7-13)18(24)25/h2-9,21H,10H2,1H3,(H,24,25)(H,26,27). The molecule has 148 valence electrons. The average molecular weight is 396 g/mol. The molecular weight excluding hydrogens is 380 g/mol. The van der Waals surface area contributed by atoms with Crippen LogP contribution in [0.4, 0.5) is 11.4 Å². The highest BCUT2D eigenvalue weighted by Crippen LogP contribution is 2.28. The Bertz CT molecular complexity index is 1020. The van der Waals surface area contributed by atoms with Gasteiger partial charge >= 0.3 is 17.9 Å². The maximum Gasteiger partial charge on any atom is 0.337 e. The first-order valence-electron chi connectivity index (χ1n) is 8.39. The number of hydrogen-bond donors (Lipinski definition) is 3. The number of nitrogens with one attached hydrogen (secondary N) is 1. The lowest BCUT2D eigenvalue weighted by Gasteiger charge is -2.17.